The Morgan fingerprint density at radius 1 is 1.00 bits per heavy atom. The van der Waals surface area contributed by atoms with Crippen LogP contribution in [0.25, 0.3) is 0 Å². The van der Waals surface area contributed by atoms with Gasteiger partial charge in [0.25, 0.3) is 5.91 Å². The van der Waals surface area contributed by atoms with Gasteiger partial charge in [-0.1, -0.05) is 17.8 Å². The lowest BCUT2D eigenvalue weighted by molar-refractivity contribution is -0.870. The van der Waals surface area contributed by atoms with E-state index in [1.165, 1.54) is 0 Å². The number of nitrogens with zero attached hydrogens (tertiary/aromatic N) is 6. The number of pyridine rings is 1. The molecule has 3 amide bonds. The van der Waals surface area contributed by atoms with E-state index in [1.807, 2.05) is 21.1 Å². The summed E-state index contributed by atoms with van der Waals surface area (Å²) in [5.74, 6) is 4.12. The highest BCUT2D eigenvalue weighted by molar-refractivity contribution is 7.90. The van der Waals surface area contributed by atoms with Crippen LogP contribution in [0.15, 0.2) is 17.3 Å². The second-order valence-corrected chi connectivity index (χ2v) is 13.9. The van der Waals surface area contributed by atoms with E-state index in [2.05, 4.69) is 22.7 Å². The quantitative estimate of drug-likeness (QED) is 0.0666. The molecule has 46 heavy (non-hydrogen) atoms. The highest BCUT2D eigenvalue weighted by atomic mass is 32.2. The lowest BCUT2D eigenvalue weighted by atomic mass is 10.2. The first kappa shape index (κ1) is 39.7. The number of hydrogen-bond acceptors (Lipinski definition) is 11. The van der Waals surface area contributed by atoms with E-state index in [9.17, 15) is 42.4 Å². The number of likely N-dealkylation sites (N-methyl/N-ethyl adjacent to an activating group) is 1. The van der Waals surface area contributed by atoms with Gasteiger partial charge in [-0.05, 0) is 0 Å². The van der Waals surface area contributed by atoms with E-state index in [0.717, 1.165) is 20.9 Å². The summed E-state index contributed by atoms with van der Waals surface area (Å²) in [6.45, 7) is -2.76. The Morgan fingerprint density at radius 2 is 1.50 bits per heavy atom. The van der Waals surface area contributed by atoms with Gasteiger partial charge in [0.15, 0.2) is 9.84 Å². The lowest BCUT2D eigenvalue weighted by Gasteiger charge is -2.28. The molecule has 0 radical (unpaired) electrons. The van der Waals surface area contributed by atoms with Gasteiger partial charge in [0, 0.05) is 25.1 Å². The maximum atomic E-state index is 13.2. The third-order valence-electron chi connectivity index (χ3n) is 5.75. The van der Waals surface area contributed by atoms with Crippen molar-refractivity contribution in [1.82, 2.24) is 19.7 Å². The van der Waals surface area contributed by atoms with E-state index in [0.29, 0.717) is 23.3 Å². The summed E-state index contributed by atoms with van der Waals surface area (Å²) in [6, 6.07) is 0.697. The number of phosphoric acid groups is 1. The molecule has 0 saturated heterocycles. The molecule has 1 unspecified atom stereocenters. The minimum atomic E-state index is -4.43. The molecule has 0 aliphatic carbocycles. The molecule has 19 heteroatoms. The number of hydrogen-bond donors (Lipinski definition) is 1. The summed E-state index contributed by atoms with van der Waals surface area (Å²) in [7, 11) is -2.96. The number of rotatable bonds is 18. The molecule has 1 N–H and O–H groups in total. The van der Waals surface area contributed by atoms with Crippen molar-refractivity contribution < 1.29 is 50.7 Å². The molecule has 0 aromatic carbocycles. The van der Waals surface area contributed by atoms with Crippen molar-refractivity contribution in [3.63, 3.8) is 0 Å². The zero-order valence-corrected chi connectivity index (χ0v) is 27.5. The predicted molar refractivity (Wildman–Crippen MR) is 164 cm³/mol. The van der Waals surface area contributed by atoms with E-state index in [1.54, 1.807) is 0 Å². The largest absolute Gasteiger partial charge is 0.472 e. The van der Waals surface area contributed by atoms with Gasteiger partial charge < -0.3 is 24.1 Å². The van der Waals surface area contributed by atoms with Crippen LogP contribution in [0.5, 0.6) is 0 Å². The van der Waals surface area contributed by atoms with Crippen LogP contribution < -0.4 is 0 Å². The summed E-state index contributed by atoms with van der Waals surface area (Å²) in [6.07, 6.45) is 17.6. The maximum Gasteiger partial charge on any atom is 0.472 e. The first-order chi connectivity index (χ1) is 21.3. The summed E-state index contributed by atoms with van der Waals surface area (Å²) >= 11 is 0. The smallest absolute Gasteiger partial charge is 0.329 e. The van der Waals surface area contributed by atoms with E-state index >= 15 is 0 Å². The Balaban J connectivity index is 3.05. The fourth-order valence-corrected chi connectivity index (χ4v) is 4.93. The molecule has 0 aliphatic heterocycles. The molecule has 1 aromatic rings. The highest BCUT2D eigenvalue weighted by Gasteiger charge is 2.30. The molecule has 1 aromatic heterocycles. The zero-order chi connectivity index (χ0) is 35.3. The number of phosphoric ester groups is 1. The number of amides is 3. The topological polar surface area (TPSA) is 207 Å². The van der Waals surface area contributed by atoms with Gasteiger partial charge in [0.2, 0.25) is 16.8 Å². The maximum absolute atomic E-state index is 13.2. The van der Waals surface area contributed by atoms with Crippen LogP contribution in [0.4, 0.5) is 5.69 Å². The van der Waals surface area contributed by atoms with Crippen LogP contribution in [0.2, 0.25) is 0 Å². The minimum Gasteiger partial charge on any atom is -0.329 e. The average Bonchev–Trinajstić information content (AvgIpc) is 2.94. The number of quaternary nitrogens is 1. The van der Waals surface area contributed by atoms with Gasteiger partial charge in [-0.15, -0.1) is 19.3 Å². The summed E-state index contributed by atoms with van der Waals surface area (Å²) in [4.78, 5) is 66.1. The summed E-state index contributed by atoms with van der Waals surface area (Å²) in [5.41, 5.74) is -1.38. The zero-order valence-electron chi connectivity index (χ0n) is 25.8. The van der Waals surface area contributed by atoms with Crippen LogP contribution in [-0.2, 0) is 33.0 Å². The predicted octanol–water partition coefficient (Wildman–Crippen LogP) is -0.768. The molecular weight excluding hydrogens is 647 g/mol. The lowest BCUT2D eigenvalue weighted by Crippen LogP contribution is -2.48. The van der Waals surface area contributed by atoms with E-state index in [4.69, 9.17) is 28.3 Å². The van der Waals surface area contributed by atoms with Crippen molar-refractivity contribution in [2.75, 3.05) is 86.4 Å². The Morgan fingerprint density at radius 3 is 2.02 bits per heavy atom. The Labute approximate surface area is 267 Å². The molecule has 0 saturated carbocycles. The van der Waals surface area contributed by atoms with Crippen molar-refractivity contribution in [3.8, 4) is 37.0 Å². The SMILES string of the molecule is C#CCN(CCOP(=O)(O)OCC[N+](C)(C)C)C(=O)CN(CC#C)C(=O)CN(CC#C)C(=O)c1cnc(S(C)(=O)=O)c([N+](=O)[O-])c1. The summed E-state index contributed by atoms with van der Waals surface area (Å²) < 4.78 is 46.2. The third kappa shape index (κ3) is 13.3. The van der Waals surface area contributed by atoms with Gasteiger partial charge in [-0.3, -0.25) is 33.5 Å². The molecule has 17 nitrogen and oxygen atoms in total. The molecule has 1 rings (SSSR count). The number of sulfone groups is 1. The van der Waals surface area contributed by atoms with Gasteiger partial charge in [-0.25, -0.2) is 18.0 Å². The van der Waals surface area contributed by atoms with Crippen LogP contribution in [0.3, 0.4) is 0 Å². The van der Waals surface area contributed by atoms with Crippen LogP contribution in [-0.4, -0.2) is 147 Å². The molecule has 1 atom stereocenters. The summed E-state index contributed by atoms with van der Waals surface area (Å²) in [5, 5.41) is 10.6. The normalized spacial score (nSPS) is 12.5. The number of nitro groups is 1. The Hall–Kier alpha value is -4.34. The third-order valence-corrected chi connectivity index (χ3v) is 7.79. The van der Waals surface area contributed by atoms with Crippen molar-refractivity contribution in [3.05, 3.63) is 27.9 Å². The van der Waals surface area contributed by atoms with Gasteiger partial charge in [0.05, 0.1) is 57.9 Å². The highest BCUT2D eigenvalue weighted by Crippen LogP contribution is 2.42. The van der Waals surface area contributed by atoms with Gasteiger partial charge >= 0.3 is 13.5 Å². The minimum absolute atomic E-state index is 0.0635. The van der Waals surface area contributed by atoms with Crippen molar-refractivity contribution >= 4 is 41.1 Å². The average molecular weight is 684 g/mol. The molecule has 0 spiro atoms. The molecule has 0 bridgehead atoms. The first-order valence-electron chi connectivity index (χ1n) is 13.2. The van der Waals surface area contributed by atoms with Gasteiger partial charge in [0.1, 0.15) is 26.2 Å². The number of carbonyl (C=O) groups excluding carboxylic acids is 3. The molecule has 1 heterocycles. The second kappa shape index (κ2) is 17.4. The monoisotopic (exact) mass is 683 g/mol. The van der Waals surface area contributed by atoms with Crippen molar-refractivity contribution in [1.29, 1.82) is 0 Å². The molecule has 250 valence electrons. The Bertz CT molecular complexity index is 1590. The van der Waals surface area contributed by atoms with E-state index < -0.39 is 82.8 Å². The van der Waals surface area contributed by atoms with Crippen molar-refractivity contribution in [2.24, 2.45) is 0 Å². The second-order valence-electron chi connectivity index (χ2n) is 10.6. The Kier molecular flexibility index (Phi) is 15.0. The van der Waals surface area contributed by atoms with Crippen LogP contribution in [0.1, 0.15) is 10.4 Å². The van der Waals surface area contributed by atoms with E-state index in [-0.39, 0.29) is 26.2 Å². The fraction of sp³-hybridized carbons (Fsp3) is 0.481. The molecular formula is C27H36N6O11PS+. The number of terminal acetylenes is 3. The van der Waals surface area contributed by atoms with Crippen LogP contribution in [0, 0.1) is 47.1 Å². The molecule has 0 aliphatic rings. The first-order valence-corrected chi connectivity index (χ1v) is 16.6. The number of aromatic nitrogens is 1. The fourth-order valence-electron chi connectivity index (χ4n) is 3.47. The standard InChI is InChI=1S/C27H35N6O11PS/c1-8-11-29(14-16-43-45(39,40)44-17-15-33(4,5)6)24(34)20-30(12-9-2)25(35)21-31(13-10-3)27(36)22-18-23(32(37)38)26(28-19-22)46(7,41)42/h1-3,18-19H,11-17,20-21H2,4-7H3/p+1. The van der Waals surface area contributed by atoms with Crippen molar-refractivity contribution in [2.45, 2.75) is 5.03 Å². The molecule has 0 fully saturated rings. The van der Waals surface area contributed by atoms with Crippen LogP contribution >= 0.6 is 7.82 Å². The van der Waals surface area contributed by atoms with Gasteiger partial charge in [-0.2, -0.15) is 0 Å². The number of carbonyl (C=O) groups is 3.